The highest BCUT2D eigenvalue weighted by Gasteiger charge is 2.09. The van der Waals surface area contributed by atoms with Crippen LogP contribution in [0.1, 0.15) is 32.8 Å². The Morgan fingerprint density at radius 1 is 1.31 bits per heavy atom. The zero-order valence-electron chi connectivity index (χ0n) is 10.7. The molecule has 0 unspecified atom stereocenters. The van der Waals surface area contributed by atoms with E-state index in [4.69, 9.17) is 4.74 Å². The second-order valence-electron chi connectivity index (χ2n) is 5.19. The molecule has 0 radical (unpaired) electrons. The Labute approximate surface area is 98.2 Å². The molecule has 0 atom stereocenters. The molecule has 0 saturated carbocycles. The van der Waals surface area contributed by atoms with E-state index >= 15 is 0 Å². The highest BCUT2D eigenvalue weighted by molar-refractivity contribution is 5.17. The van der Waals surface area contributed by atoms with Crippen LogP contribution in [0.15, 0.2) is 18.3 Å². The van der Waals surface area contributed by atoms with Gasteiger partial charge in [-0.15, -0.1) is 0 Å². The topological polar surface area (TPSA) is 34.1 Å². The molecule has 0 aliphatic rings. The first-order valence-corrected chi connectivity index (χ1v) is 5.73. The monoisotopic (exact) mass is 222 g/mol. The van der Waals surface area contributed by atoms with E-state index < -0.39 is 0 Å². The Bertz CT molecular complexity index is 301. The number of aromatic nitrogens is 1. The van der Waals surface area contributed by atoms with Crippen molar-refractivity contribution in [3.05, 3.63) is 23.9 Å². The maximum atomic E-state index is 5.58. The zero-order valence-corrected chi connectivity index (χ0v) is 10.7. The fraction of sp³-hybridized carbons (Fsp3) is 0.615. The lowest BCUT2D eigenvalue weighted by Gasteiger charge is -2.17. The van der Waals surface area contributed by atoms with E-state index in [9.17, 15) is 0 Å². The average molecular weight is 222 g/mol. The minimum atomic E-state index is 0.312. The first kappa shape index (κ1) is 13.0. The summed E-state index contributed by atoms with van der Waals surface area (Å²) in [6.07, 6.45) is 2.88. The summed E-state index contributed by atoms with van der Waals surface area (Å²) in [6, 6.07) is 3.96. The van der Waals surface area contributed by atoms with Gasteiger partial charge in [0.2, 0.25) is 5.88 Å². The number of ether oxygens (including phenoxy) is 1. The lowest BCUT2D eigenvalue weighted by atomic mass is 9.93. The largest absolute Gasteiger partial charge is 0.478 e. The lowest BCUT2D eigenvalue weighted by molar-refractivity contribution is 0.236. The third-order valence-electron chi connectivity index (χ3n) is 2.28. The molecule has 1 aromatic rings. The summed E-state index contributed by atoms with van der Waals surface area (Å²) in [5.74, 6) is 0.712. The van der Waals surface area contributed by atoms with Gasteiger partial charge in [-0.1, -0.05) is 26.8 Å². The molecule has 1 aromatic heterocycles. The van der Waals surface area contributed by atoms with Crippen molar-refractivity contribution in [1.29, 1.82) is 0 Å². The summed E-state index contributed by atoms with van der Waals surface area (Å²) in [4.78, 5) is 4.25. The van der Waals surface area contributed by atoms with Crippen LogP contribution in [0.2, 0.25) is 0 Å². The van der Waals surface area contributed by atoms with Crippen LogP contribution in [-0.4, -0.2) is 18.6 Å². The van der Waals surface area contributed by atoms with Gasteiger partial charge in [-0.3, -0.25) is 0 Å². The zero-order chi connectivity index (χ0) is 12.0. The Morgan fingerprint density at radius 3 is 2.56 bits per heavy atom. The Balaban J connectivity index is 2.37. The van der Waals surface area contributed by atoms with Gasteiger partial charge >= 0.3 is 0 Å². The number of hydrogen-bond donors (Lipinski definition) is 1. The molecule has 0 bridgehead atoms. The number of hydrogen-bond acceptors (Lipinski definition) is 3. The predicted molar refractivity (Wildman–Crippen MR) is 66.6 cm³/mol. The van der Waals surface area contributed by atoms with Gasteiger partial charge in [0.25, 0.3) is 0 Å². The van der Waals surface area contributed by atoms with Crippen molar-refractivity contribution in [2.24, 2.45) is 5.41 Å². The van der Waals surface area contributed by atoms with Gasteiger partial charge < -0.3 is 10.1 Å². The molecule has 0 spiro atoms. The van der Waals surface area contributed by atoms with E-state index in [1.165, 1.54) is 5.56 Å². The molecule has 16 heavy (non-hydrogen) atoms. The summed E-state index contributed by atoms with van der Waals surface area (Å²) in [6.45, 7) is 8.19. The summed E-state index contributed by atoms with van der Waals surface area (Å²) >= 11 is 0. The fourth-order valence-corrected chi connectivity index (χ4v) is 1.27. The van der Waals surface area contributed by atoms with Crippen molar-refractivity contribution in [1.82, 2.24) is 10.3 Å². The van der Waals surface area contributed by atoms with E-state index in [-0.39, 0.29) is 0 Å². The normalized spacial score (nSPS) is 11.5. The van der Waals surface area contributed by atoms with Crippen molar-refractivity contribution in [2.75, 3.05) is 13.7 Å². The molecular weight excluding hydrogens is 200 g/mol. The van der Waals surface area contributed by atoms with Crippen LogP contribution in [0.3, 0.4) is 0 Å². The van der Waals surface area contributed by atoms with Gasteiger partial charge in [-0.2, -0.15) is 0 Å². The van der Waals surface area contributed by atoms with E-state index in [1.54, 1.807) is 0 Å². The number of nitrogens with zero attached hydrogens (tertiary/aromatic N) is 1. The predicted octanol–water partition coefficient (Wildman–Crippen LogP) is 2.62. The highest BCUT2D eigenvalue weighted by atomic mass is 16.5. The summed E-state index contributed by atoms with van der Waals surface area (Å²) in [7, 11) is 1.92. The van der Waals surface area contributed by atoms with Crippen LogP contribution in [-0.2, 0) is 6.54 Å². The second kappa shape index (κ2) is 5.85. The van der Waals surface area contributed by atoms with Gasteiger partial charge in [-0.05, 0) is 24.4 Å². The highest BCUT2D eigenvalue weighted by Crippen LogP contribution is 2.18. The van der Waals surface area contributed by atoms with E-state index in [0.717, 1.165) is 19.6 Å². The Morgan fingerprint density at radius 2 is 2.06 bits per heavy atom. The fourth-order valence-electron chi connectivity index (χ4n) is 1.27. The Hall–Kier alpha value is -1.09. The minimum Gasteiger partial charge on any atom is -0.478 e. The maximum absolute atomic E-state index is 5.58. The number of rotatable bonds is 5. The Kier molecular flexibility index (Phi) is 4.74. The van der Waals surface area contributed by atoms with Gasteiger partial charge in [0, 0.05) is 18.8 Å². The van der Waals surface area contributed by atoms with Crippen molar-refractivity contribution in [3.8, 4) is 5.88 Å². The van der Waals surface area contributed by atoms with Crippen LogP contribution < -0.4 is 10.1 Å². The van der Waals surface area contributed by atoms with E-state index in [0.29, 0.717) is 11.3 Å². The smallest absolute Gasteiger partial charge is 0.213 e. The van der Waals surface area contributed by atoms with E-state index in [2.05, 4.69) is 31.1 Å². The van der Waals surface area contributed by atoms with Crippen molar-refractivity contribution in [2.45, 2.75) is 33.7 Å². The molecule has 3 heteroatoms. The molecule has 0 aliphatic heterocycles. The standard InChI is InChI=1S/C13H22N2O/c1-13(2,3)7-8-16-12-6-5-11(9-14-4)10-15-12/h5-6,10,14H,7-9H2,1-4H3. The summed E-state index contributed by atoms with van der Waals surface area (Å²) in [5, 5.41) is 3.09. The summed E-state index contributed by atoms with van der Waals surface area (Å²) < 4.78 is 5.58. The molecule has 0 amide bonds. The molecule has 1 rings (SSSR count). The van der Waals surface area contributed by atoms with E-state index in [1.807, 2.05) is 25.4 Å². The number of pyridine rings is 1. The molecule has 3 nitrogen and oxygen atoms in total. The quantitative estimate of drug-likeness (QED) is 0.831. The molecule has 0 aromatic carbocycles. The SMILES string of the molecule is CNCc1ccc(OCCC(C)(C)C)nc1. The minimum absolute atomic E-state index is 0.312. The third-order valence-corrected chi connectivity index (χ3v) is 2.28. The van der Waals surface area contributed by atoms with Gasteiger partial charge in [0.15, 0.2) is 0 Å². The average Bonchev–Trinajstić information content (AvgIpc) is 2.19. The van der Waals surface area contributed by atoms with Gasteiger partial charge in [-0.25, -0.2) is 4.98 Å². The van der Waals surface area contributed by atoms with Crippen LogP contribution in [0.4, 0.5) is 0 Å². The third kappa shape index (κ3) is 5.12. The molecule has 0 fully saturated rings. The molecule has 90 valence electrons. The molecular formula is C13H22N2O. The van der Waals surface area contributed by atoms with Crippen LogP contribution in [0.25, 0.3) is 0 Å². The second-order valence-corrected chi connectivity index (χ2v) is 5.19. The first-order chi connectivity index (χ1) is 7.51. The molecule has 0 aliphatic carbocycles. The first-order valence-electron chi connectivity index (χ1n) is 5.73. The van der Waals surface area contributed by atoms with Gasteiger partial charge in [0.1, 0.15) is 0 Å². The van der Waals surface area contributed by atoms with Crippen LogP contribution in [0, 0.1) is 5.41 Å². The molecule has 0 saturated heterocycles. The van der Waals surface area contributed by atoms with Crippen molar-refractivity contribution in [3.63, 3.8) is 0 Å². The molecule has 1 heterocycles. The lowest BCUT2D eigenvalue weighted by Crippen LogP contribution is -2.11. The number of nitrogens with one attached hydrogen (secondary N) is 1. The summed E-state index contributed by atoms with van der Waals surface area (Å²) in [5.41, 5.74) is 1.48. The van der Waals surface area contributed by atoms with Gasteiger partial charge in [0.05, 0.1) is 6.61 Å². The van der Waals surface area contributed by atoms with Crippen LogP contribution >= 0.6 is 0 Å². The van der Waals surface area contributed by atoms with Crippen molar-refractivity contribution >= 4 is 0 Å². The van der Waals surface area contributed by atoms with Crippen LogP contribution in [0.5, 0.6) is 5.88 Å². The maximum Gasteiger partial charge on any atom is 0.213 e. The molecule has 1 N–H and O–H groups in total. The van der Waals surface area contributed by atoms with Crippen molar-refractivity contribution < 1.29 is 4.74 Å².